The summed E-state index contributed by atoms with van der Waals surface area (Å²) in [5.74, 6) is 0.112. The molecule has 5 nitrogen and oxygen atoms in total. The van der Waals surface area contributed by atoms with E-state index in [0.717, 1.165) is 11.1 Å². The maximum Gasteiger partial charge on any atom is 0.260 e. The predicted molar refractivity (Wildman–Crippen MR) is 95.2 cm³/mol. The molecule has 0 aliphatic rings. The number of halogens is 1. The molecule has 0 fully saturated rings. The van der Waals surface area contributed by atoms with E-state index < -0.39 is 0 Å². The zero-order chi connectivity index (χ0) is 16.4. The number of hydrogen-bond acceptors (Lipinski definition) is 5. The highest BCUT2D eigenvalue weighted by Gasteiger charge is 2.13. The SMILES string of the molecule is NC(=O)CCSc1nc2scc(-c3ccc(Cl)cc3)c2c(=O)[nH]1. The average Bonchev–Trinajstić information content (AvgIpc) is 2.92. The second-order valence-electron chi connectivity index (χ2n) is 4.77. The first-order valence-electron chi connectivity index (χ1n) is 6.73. The van der Waals surface area contributed by atoms with E-state index in [9.17, 15) is 9.59 Å². The number of carbonyl (C=O) groups excluding carboxylic acids is 1. The molecule has 0 saturated carbocycles. The van der Waals surface area contributed by atoms with Crippen molar-refractivity contribution in [2.24, 2.45) is 5.73 Å². The van der Waals surface area contributed by atoms with Crippen LogP contribution in [0.15, 0.2) is 39.6 Å². The third-order valence-electron chi connectivity index (χ3n) is 3.16. The minimum atomic E-state index is -0.373. The molecular weight excluding hydrogens is 354 g/mol. The number of nitrogens with zero attached hydrogens (tertiary/aromatic N) is 1. The highest BCUT2D eigenvalue weighted by molar-refractivity contribution is 7.99. The number of aromatic nitrogens is 2. The minimum absolute atomic E-state index is 0.192. The van der Waals surface area contributed by atoms with E-state index in [-0.39, 0.29) is 17.9 Å². The molecular formula is C15H12ClN3O2S2. The summed E-state index contributed by atoms with van der Waals surface area (Å²) in [7, 11) is 0. The molecule has 23 heavy (non-hydrogen) atoms. The maximum atomic E-state index is 12.4. The Morgan fingerprint density at radius 1 is 1.35 bits per heavy atom. The summed E-state index contributed by atoms with van der Waals surface area (Å²) >= 11 is 8.62. The van der Waals surface area contributed by atoms with Crippen molar-refractivity contribution in [2.45, 2.75) is 11.6 Å². The van der Waals surface area contributed by atoms with Crippen LogP contribution in [-0.2, 0) is 4.79 Å². The van der Waals surface area contributed by atoms with Crippen molar-refractivity contribution in [1.82, 2.24) is 9.97 Å². The Kier molecular flexibility index (Phi) is 4.70. The van der Waals surface area contributed by atoms with Gasteiger partial charge in [-0.1, -0.05) is 35.5 Å². The van der Waals surface area contributed by atoms with Crippen molar-refractivity contribution in [3.8, 4) is 11.1 Å². The molecule has 2 heterocycles. The summed E-state index contributed by atoms with van der Waals surface area (Å²) in [6.07, 6.45) is 0.243. The van der Waals surface area contributed by atoms with Crippen LogP contribution in [0.2, 0.25) is 5.02 Å². The van der Waals surface area contributed by atoms with Gasteiger partial charge in [-0.25, -0.2) is 4.98 Å². The Balaban J connectivity index is 1.96. The zero-order valence-corrected chi connectivity index (χ0v) is 14.2. The second-order valence-corrected chi connectivity index (χ2v) is 7.15. The first kappa shape index (κ1) is 16.0. The van der Waals surface area contributed by atoms with E-state index in [4.69, 9.17) is 17.3 Å². The molecule has 0 bridgehead atoms. The fourth-order valence-electron chi connectivity index (χ4n) is 2.09. The average molecular weight is 366 g/mol. The fraction of sp³-hybridized carbons (Fsp3) is 0.133. The van der Waals surface area contributed by atoms with Crippen LogP contribution in [-0.4, -0.2) is 21.6 Å². The molecule has 8 heteroatoms. The van der Waals surface area contributed by atoms with Crippen molar-refractivity contribution in [3.63, 3.8) is 0 Å². The number of primary amides is 1. The summed E-state index contributed by atoms with van der Waals surface area (Å²) in [4.78, 5) is 31.0. The lowest BCUT2D eigenvalue weighted by Crippen LogP contribution is -2.12. The van der Waals surface area contributed by atoms with Crippen molar-refractivity contribution in [3.05, 3.63) is 45.0 Å². The molecule has 3 aromatic rings. The Morgan fingerprint density at radius 3 is 2.78 bits per heavy atom. The summed E-state index contributed by atoms with van der Waals surface area (Å²) in [5.41, 5.74) is 6.67. The van der Waals surface area contributed by atoms with E-state index in [1.807, 2.05) is 17.5 Å². The molecule has 0 spiro atoms. The van der Waals surface area contributed by atoms with Gasteiger partial charge in [-0.3, -0.25) is 9.59 Å². The second kappa shape index (κ2) is 6.74. The fourth-order valence-corrected chi connectivity index (χ4v) is 4.04. The van der Waals surface area contributed by atoms with Gasteiger partial charge >= 0.3 is 0 Å². The Hall–Kier alpha value is -1.83. The van der Waals surface area contributed by atoms with Gasteiger partial charge in [0.15, 0.2) is 5.16 Å². The van der Waals surface area contributed by atoms with Crippen LogP contribution >= 0.6 is 34.7 Å². The molecule has 118 valence electrons. The van der Waals surface area contributed by atoms with E-state index in [2.05, 4.69) is 9.97 Å². The van der Waals surface area contributed by atoms with Gasteiger partial charge in [0.2, 0.25) is 5.91 Å². The van der Waals surface area contributed by atoms with Gasteiger partial charge in [-0.15, -0.1) is 11.3 Å². The molecule has 3 N–H and O–H groups in total. The van der Waals surface area contributed by atoms with Gasteiger partial charge in [0.1, 0.15) is 4.83 Å². The number of fused-ring (bicyclic) bond motifs is 1. The number of carbonyl (C=O) groups is 1. The number of rotatable bonds is 5. The number of thioether (sulfide) groups is 1. The van der Waals surface area contributed by atoms with Gasteiger partial charge in [-0.2, -0.15) is 0 Å². The van der Waals surface area contributed by atoms with E-state index >= 15 is 0 Å². The lowest BCUT2D eigenvalue weighted by molar-refractivity contribution is -0.117. The lowest BCUT2D eigenvalue weighted by atomic mass is 10.1. The van der Waals surface area contributed by atoms with E-state index in [1.165, 1.54) is 23.1 Å². The number of nitrogens with two attached hydrogens (primary N) is 1. The van der Waals surface area contributed by atoms with Crippen LogP contribution in [0, 0.1) is 0 Å². The molecule has 1 amide bonds. The van der Waals surface area contributed by atoms with Crippen LogP contribution in [0.3, 0.4) is 0 Å². The summed E-state index contributed by atoms with van der Waals surface area (Å²) in [6.45, 7) is 0. The van der Waals surface area contributed by atoms with Crippen molar-refractivity contribution in [1.29, 1.82) is 0 Å². The van der Waals surface area contributed by atoms with Crippen LogP contribution in [0.5, 0.6) is 0 Å². The first-order valence-corrected chi connectivity index (χ1v) is 8.97. The summed E-state index contributed by atoms with van der Waals surface area (Å²) in [5, 5.41) is 3.62. The van der Waals surface area contributed by atoms with Crippen molar-refractivity contribution >= 4 is 50.8 Å². The maximum absolute atomic E-state index is 12.4. The topological polar surface area (TPSA) is 88.8 Å². The van der Waals surface area contributed by atoms with Gasteiger partial charge in [0.05, 0.1) is 5.39 Å². The minimum Gasteiger partial charge on any atom is -0.370 e. The van der Waals surface area contributed by atoms with Gasteiger partial charge in [0, 0.05) is 28.1 Å². The first-order chi connectivity index (χ1) is 11.0. The van der Waals surface area contributed by atoms with Crippen LogP contribution < -0.4 is 11.3 Å². The molecule has 0 atom stereocenters. The molecule has 0 saturated heterocycles. The number of benzene rings is 1. The zero-order valence-electron chi connectivity index (χ0n) is 11.8. The van der Waals surface area contributed by atoms with E-state index in [0.29, 0.717) is 26.1 Å². The van der Waals surface area contributed by atoms with Crippen LogP contribution in [0.4, 0.5) is 0 Å². The number of amides is 1. The predicted octanol–water partition coefficient (Wildman–Crippen LogP) is 3.27. The normalized spacial score (nSPS) is 11.0. The highest BCUT2D eigenvalue weighted by Crippen LogP contribution is 2.32. The summed E-state index contributed by atoms with van der Waals surface area (Å²) in [6, 6.07) is 7.32. The molecule has 0 radical (unpaired) electrons. The van der Waals surface area contributed by atoms with Crippen LogP contribution in [0.25, 0.3) is 21.3 Å². The third kappa shape index (κ3) is 3.57. The largest absolute Gasteiger partial charge is 0.370 e. The number of H-pyrrole nitrogens is 1. The van der Waals surface area contributed by atoms with Crippen molar-refractivity contribution in [2.75, 3.05) is 5.75 Å². The van der Waals surface area contributed by atoms with Gasteiger partial charge in [-0.05, 0) is 17.7 Å². The Labute approximate surface area is 144 Å². The van der Waals surface area contributed by atoms with Crippen LogP contribution in [0.1, 0.15) is 6.42 Å². The number of thiophene rings is 1. The third-order valence-corrected chi connectivity index (χ3v) is 5.16. The molecule has 0 unspecified atom stereocenters. The molecule has 3 rings (SSSR count). The number of hydrogen-bond donors (Lipinski definition) is 2. The van der Waals surface area contributed by atoms with E-state index in [1.54, 1.807) is 12.1 Å². The summed E-state index contributed by atoms with van der Waals surface area (Å²) < 4.78 is 0. The van der Waals surface area contributed by atoms with Gasteiger partial charge < -0.3 is 10.7 Å². The molecule has 0 aliphatic carbocycles. The lowest BCUT2D eigenvalue weighted by Gasteiger charge is -2.02. The quantitative estimate of drug-likeness (QED) is 0.536. The molecule has 1 aromatic carbocycles. The van der Waals surface area contributed by atoms with Crippen molar-refractivity contribution < 1.29 is 4.79 Å². The Morgan fingerprint density at radius 2 is 2.09 bits per heavy atom. The standard InChI is InChI=1S/C15H12ClN3O2S2/c16-9-3-1-8(2-4-9)10-7-23-14-12(10)13(21)18-15(19-14)22-6-5-11(17)20/h1-4,7H,5-6H2,(H2,17,20)(H,18,19,21). The molecule has 2 aromatic heterocycles. The number of aromatic amines is 1. The number of nitrogens with one attached hydrogen (secondary N) is 1. The highest BCUT2D eigenvalue weighted by atomic mass is 35.5. The smallest absolute Gasteiger partial charge is 0.260 e. The Bertz CT molecular complexity index is 919. The molecule has 0 aliphatic heterocycles. The monoisotopic (exact) mass is 365 g/mol. The van der Waals surface area contributed by atoms with Gasteiger partial charge in [0.25, 0.3) is 5.56 Å².